The highest BCUT2D eigenvalue weighted by Crippen LogP contribution is 2.68. The fourth-order valence-corrected chi connectivity index (χ4v) is 8.14. The lowest BCUT2D eigenvalue weighted by molar-refractivity contribution is -0.155. The fraction of sp³-hybridized carbons (Fsp3) is 0.848. The molecular weight excluding hydrogens is 456 g/mol. The minimum Gasteiger partial charge on any atom is -0.325 e. The average molecular weight is 513 g/mol. The van der Waals surface area contributed by atoms with Gasteiger partial charge in [0.05, 0.1) is 5.57 Å². The molecule has 210 valence electrons. The van der Waals surface area contributed by atoms with E-state index < -0.39 is 10.8 Å². The Morgan fingerprint density at radius 1 is 1.05 bits per heavy atom. The van der Waals surface area contributed by atoms with Gasteiger partial charge in [-0.1, -0.05) is 74.8 Å². The third-order valence-corrected chi connectivity index (χ3v) is 11.2. The number of rotatable bonds is 11. The zero-order chi connectivity index (χ0) is 28.7. The molecule has 0 spiro atoms. The van der Waals surface area contributed by atoms with Gasteiger partial charge in [0.25, 0.3) is 0 Å². The van der Waals surface area contributed by atoms with Crippen molar-refractivity contribution in [3.63, 3.8) is 0 Å². The summed E-state index contributed by atoms with van der Waals surface area (Å²) in [6, 6.07) is 2.20. The highest BCUT2D eigenvalue weighted by Gasteiger charge is 2.63. The lowest BCUT2D eigenvalue weighted by atomic mass is 9.39. The number of fused-ring (bicyclic) bond motifs is 1. The van der Waals surface area contributed by atoms with Crippen LogP contribution in [0, 0.1) is 50.2 Å². The van der Waals surface area contributed by atoms with E-state index in [9.17, 15) is 14.9 Å². The zero-order valence-corrected chi connectivity index (χ0v) is 25.9. The molecular formula is C33H56N2O2. The van der Waals surface area contributed by atoms with Crippen molar-refractivity contribution < 1.29 is 9.59 Å². The van der Waals surface area contributed by atoms with Crippen LogP contribution < -0.4 is 5.73 Å². The van der Waals surface area contributed by atoms with Crippen LogP contribution in [0.1, 0.15) is 134 Å². The molecule has 2 aliphatic rings. The predicted octanol–water partition coefficient (Wildman–Crippen LogP) is 8.19. The zero-order valence-electron chi connectivity index (χ0n) is 25.9. The topological polar surface area (TPSA) is 83.9 Å². The third kappa shape index (κ3) is 6.24. The first kappa shape index (κ1) is 31.7. The van der Waals surface area contributed by atoms with Crippen LogP contribution >= 0.6 is 0 Å². The summed E-state index contributed by atoms with van der Waals surface area (Å²) >= 11 is 0. The molecule has 1 fully saturated rings. The van der Waals surface area contributed by atoms with E-state index in [-0.39, 0.29) is 45.3 Å². The molecule has 0 aromatic rings. The number of nitriles is 1. The molecule has 2 rings (SSSR count). The number of Topliss-reactive ketones (excluding diaryl/α,β-unsaturated/α-hetero) is 2. The summed E-state index contributed by atoms with van der Waals surface area (Å²) in [5.74, 6) is 0.289. The lowest BCUT2D eigenvalue weighted by Gasteiger charge is -2.64. The van der Waals surface area contributed by atoms with Crippen molar-refractivity contribution in [2.45, 2.75) is 139 Å². The molecule has 0 radical (unpaired) electrons. The molecule has 0 aromatic carbocycles. The highest BCUT2D eigenvalue weighted by molar-refractivity contribution is 6.04. The fourth-order valence-electron chi connectivity index (χ4n) is 8.14. The van der Waals surface area contributed by atoms with Crippen LogP contribution in [0.2, 0.25) is 0 Å². The molecule has 0 aromatic heterocycles. The van der Waals surface area contributed by atoms with Crippen LogP contribution in [0.25, 0.3) is 0 Å². The second-order valence-corrected chi connectivity index (χ2v) is 15.5. The van der Waals surface area contributed by atoms with Crippen LogP contribution in [-0.4, -0.2) is 17.1 Å². The highest BCUT2D eigenvalue weighted by atomic mass is 16.1. The summed E-state index contributed by atoms with van der Waals surface area (Å²) in [6.45, 7) is 24.1. The first-order valence-corrected chi connectivity index (χ1v) is 14.7. The molecule has 0 amide bonds. The van der Waals surface area contributed by atoms with Crippen molar-refractivity contribution in [2.24, 2.45) is 44.6 Å². The Bertz CT molecular complexity index is 948. The van der Waals surface area contributed by atoms with Crippen molar-refractivity contribution in [1.82, 2.24) is 0 Å². The normalized spacial score (nSPS) is 31.6. The first-order valence-electron chi connectivity index (χ1n) is 14.7. The molecule has 0 aliphatic heterocycles. The standard InChI is InChI=1S/C33H56N2O2/c1-12-14-28(3,4)16-18-31(9,35)19-17-29(5,6)33(11)15-13-25-30(7,8)27(37)24(22-34)21-32(25,10)26(33)20-23(2)36/h21,25-26H,12-20,35H2,1-11H3/t25-,26+,31-,32-,33+/m0/s1. The summed E-state index contributed by atoms with van der Waals surface area (Å²) in [5, 5.41) is 9.85. The molecule has 0 saturated heterocycles. The van der Waals surface area contributed by atoms with Gasteiger partial charge in [-0.05, 0) is 92.3 Å². The van der Waals surface area contributed by atoms with Crippen LogP contribution in [-0.2, 0) is 9.59 Å². The number of nitrogens with two attached hydrogens (primary N) is 1. The van der Waals surface area contributed by atoms with E-state index in [1.807, 2.05) is 19.9 Å². The maximum absolute atomic E-state index is 13.2. The summed E-state index contributed by atoms with van der Waals surface area (Å²) in [6.07, 6.45) is 10.8. The summed E-state index contributed by atoms with van der Waals surface area (Å²) in [4.78, 5) is 25.9. The van der Waals surface area contributed by atoms with E-state index in [1.165, 1.54) is 12.8 Å². The van der Waals surface area contributed by atoms with E-state index >= 15 is 0 Å². The minimum atomic E-state index is -0.615. The smallest absolute Gasteiger partial charge is 0.178 e. The Kier molecular flexibility index (Phi) is 9.09. The number of ketones is 2. The van der Waals surface area contributed by atoms with E-state index in [1.54, 1.807) is 6.92 Å². The van der Waals surface area contributed by atoms with Gasteiger partial charge >= 0.3 is 0 Å². The lowest BCUT2D eigenvalue weighted by Crippen LogP contribution is -2.60. The van der Waals surface area contributed by atoms with Gasteiger partial charge in [0.2, 0.25) is 0 Å². The second-order valence-electron chi connectivity index (χ2n) is 15.5. The van der Waals surface area contributed by atoms with E-state index in [0.29, 0.717) is 11.8 Å². The molecule has 0 heterocycles. The molecule has 2 aliphatic carbocycles. The molecule has 4 heteroatoms. The van der Waals surface area contributed by atoms with E-state index in [4.69, 9.17) is 5.73 Å². The summed E-state index contributed by atoms with van der Waals surface area (Å²) in [5.41, 5.74) is 6.04. The number of carbonyl (C=O) groups excluding carboxylic acids is 2. The first-order chi connectivity index (χ1) is 16.7. The summed E-state index contributed by atoms with van der Waals surface area (Å²) in [7, 11) is 0. The van der Waals surface area contributed by atoms with Gasteiger partial charge in [0.1, 0.15) is 11.9 Å². The van der Waals surface area contributed by atoms with Gasteiger partial charge in [0, 0.05) is 17.4 Å². The maximum atomic E-state index is 13.2. The van der Waals surface area contributed by atoms with Crippen LogP contribution in [0.5, 0.6) is 0 Å². The van der Waals surface area contributed by atoms with Crippen LogP contribution in [0.3, 0.4) is 0 Å². The molecule has 1 saturated carbocycles. The van der Waals surface area contributed by atoms with Crippen molar-refractivity contribution in [3.05, 3.63) is 11.6 Å². The molecule has 4 nitrogen and oxygen atoms in total. The number of allylic oxidation sites excluding steroid dienone is 2. The van der Waals surface area contributed by atoms with Crippen LogP contribution in [0.15, 0.2) is 11.6 Å². The minimum absolute atomic E-state index is 0.0493. The van der Waals surface area contributed by atoms with Gasteiger partial charge in [-0.3, -0.25) is 4.79 Å². The number of hydrogen-bond acceptors (Lipinski definition) is 4. The van der Waals surface area contributed by atoms with Gasteiger partial charge in [0.15, 0.2) is 5.78 Å². The Morgan fingerprint density at radius 3 is 2.14 bits per heavy atom. The Hall–Kier alpha value is -1.47. The van der Waals surface area contributed by atoms with Crippen molar-refractivity contribution >= 4 is 11.6 Å². The van der Waals surface area contributed by atoms with Crippen molar-refractivity contribution in [1.29, 1.82) is 5.26 Å². The van der Waals surface area contributed by atoms with Crippen molar-refractivity contribution in [2.75, 3.05) is 0 Å². The van der Waals surface area contributed by atoms with Gasteiger partial charge < -0.3 is 10.5 Å². The summed E-state index contributed by atoms with van der Waals surface area (Å²) < 4.78 is 0. The third-order valence-electron chi connectivity index (χ3n) is 11.2. The average Bonchev–Trinajstić information content (AvgIpc) is 2.76. The SMILES string of the molecule is CCCC(C)(C)CC[C@](C)(N)CCC(C)(C)[C@]1(C)CC[C@H]2C(C)(C)C(=O)C(C#N)=C[C@]2(C)[C@H]1CC(C)=O. The monoisotopic (exact) mass is 512 g/mol. The van der Waals surface area contributed by atoms with E-state index in [0.717, 1.165) is 38.5 Å². The van der Waals surface area contributed by atoms with E-state index in [2.05, 4.69) is 61.5 Å². The quantitative estimate of drug-likeness (QED) is 0.302. The number of carbonyl (C=O) groups is 2. The molecule has 2 N–H and O–H groups in total. The number of nitrogens with zero attached hydrogens (tertiary/aromatic N) is 1. The molecule has 37 heavy (non-hydrogen) atoms. The maximum Gasteiger partial charge on any atom is 0.178 e. The largest absolute Gasteiger partial charge is 0.325 e. The van der Waals surface area contributed by atoms with Gasteiger partial charge in [-0.15, -0.1) is 0 Å². The molecule has 5 atom stereocenters. The molecule has 0 unspecified atom stereocenters. The number of hydrogen-bond donors (Lipinski definition) is 1. The Labute approximate surface area is 228 Å². The molecule has 0 bridgehead atoms. The Balaban J connectivity index is 2.41. The Morgan fingerprint density at radius 2 is 1.62 bits per heavy atom. The van der Waals surface area contributed by atoms with Gasteiger partial charge in [-0.25, -0.2) is 0 Å². The van der Waals surface area contributed by atoms with Crippen LogP contribution in [0.4, 0.5) is 0 Å². The predicted molar refractivity (Wildman–Crippen MR) is 154 cm³/mol. The van der Waals surface area contributed by atoms with Gasteiger partial charge in [-0.2, -0.15) is 5.26 Å². The van der Waals surface area contributed by atoms with Crippen molar-refractivity contribution in [3.8, 4) is 6.07 Å². The second kappa shape index (κ2) is 10.6.